The Morgan fingerprint density at radius 1 is 1.10 bits per heavy atom. The number of hydrogen-bond acceptors (Lipinski definition) is 2. The fourth-order valence-corrected chi connectivity index (χ4v) is 4.45. The number of benzene rings is 2. The van der Waals surface area contributed by atoms with Gasteiger partial charge in [-0.05, 0) is 30.7 Å². The Morgan fingerprint density at radius 3 is 2.20 bits per heavy atom. The monoisotopic (exact) mass is 393 g/mol. The first-order chi connectivity index (χ1) is 9.31. The van der Waals surface area contributed by atoms with E-state index in [2.05, 4.69) is 20.7 Å². The number of halogens is 3. The van der Waals surface area contributed by atoms with E-state index in [0.717, 1.165) is 0 Å². The fraction of sp³-hybridized carbons (Fsp3) is 0.0769. The van der Waals surface area contributed by atoms with Gasteiger partial charge < -0.3 is 0 Å². The van der Waals surface area contributed by atoms with Crippen LogP contribution in [-0.2, 0) is 10.0 Å². The number of nitrogens with one attached hydrogen (secondary N) is 1. The molecule has 0 atom stereocenters. The summed E-state index contributed by atoms with van der Waals surface area (Å²) in [6.45, 7) is 1.72. The number of hydrogen-bond donors (Lipinski definition) is 1. The van der Waals surface area contributed by atoms with Crippen molar-refractivity contribution in [1.29, 1.82) is 0 Å². The first-order valence-corrected chi connectivity index (χ1v) is 8.57. The maximum absolute atomic E-state index is 12.4. The van der Waals surface area contributed by atoms with E-state index in [1.165, 1.54) is 6.07 Å². The van der Waals surface area contributed by atoms with Gasteiger partial charge in [-0.3, -0.25) is 4.72 Å². The molecule has 0 fully saturated rings. The lowest BCUT2D eigenvalue weighted by molar-refractivity contribution is 0.600. The SMILES string of the molecule is Cc1ccccc1S(=O)(=O)Nc1c(Cl)cc(Br)cc1Cl. The summed E-state index contributed by atoms with van der Waals surface area (Å²) in [6.07, 6.45) is 0. The molecule has 0 bridgehead atoms. The van der Waals surface area contributed by atoms with Gasteiger partial charge in [0, 0.05) is 4.47 Å². The average molecular weight is 395 g/mol. The number of aryl methyl sites for hydroxylation is 1. The predicted molar refractivity (Wildman–Crippen MR) is 86.1 cm³/mol. The quantitative estimate of drug-likeness (QED) is 0.807. The van der Waals surface area contributed by atoms with Crippen molar-refractivity contribution in [3.05, 3.63) is 56.5 Å². The molecule has 1 N–H and O–H groups in total. The molecule has 106 valence electrons. The highest BCUT2D eigenvalue weighted by molar-refractivity contribution is 9.10. The molecule has 0 spiro atoms. The van der Waals surface area contributed by atoms with Crippen molar-refractivity contribution in [2.45, 2.75) is 11.8 Å². The Kier molecular flexibility index (Phi) is 4.64. The molecule has 2 aromatic rings. The first kappa shape index (κ1) is 15.6. The average Bonchev–Trinajstić information content (AvgIpc) is 2.34. The fourth-order valence-electron chi connectivity index (χ4n) is 1.69. The highest BCUT2D eigenvalue weighted by Gasteiger charge is 2.19. The van der Waals surface area contributed by atoms with E-state index in [4.69, 9.17) is 23.2 Å². The second-order valence-electron chi connectivity index (χ2n) is 4.12. The van der Waals surface area contributed by atoms with Crippen molar-refractivity contribution in [2.75, 3.05) is 4.72 Å². The number of anilines is 1. The van der Waals surface area contributed by atoms with Crippen LogP contribution >= 0.6 is 39.1 Å². The Bertz CT molecular complexity index is 740. The first-order valence-electron chi connectivity index (χ1n) is 5.54. The normalized spacial score (nSPS) is 11.4. The highest BCUT2D eigenvalue weighted by atomic mass is 79.9. The smallest absolute Gasteiger partial charge is 0.262 e. The van der Waals surface area contributed by atoms with E-state index >= 15 is 0 Å². The van der Waals surface area contributed by atoms with Gasteiger partial charge in [0.25, 0.3) is 10.0 Å². The second kappa shape index (κ2) is 5.93. The van der Waals surface area contributed by atoms with Crippen LogP contribution in [0.3, 0.4) is 0 Å². The molecule has 0 aliphatic heterocycles. The van der Waals surface area contributed by atoms with Crippen LogP contribution in [0.2, 0.25) is 10.0 Å². The number of sulfonamides is 1. The summed E-state index contributed by atoms with van der Waals surface area (Å²) >= 11 is 15.3. The van der Waals surface area contributed by atoms with Gasteiger partial charge in [0.05, 0.1) is 20.6 Å². The molecule has 2 rings (SSSR count). The maximum atomic E-state index is 12.4. The van der Waals surface area contributed by atoms with E-state index in [0.29, 0.717) is 10.0 Å². The summed E-state index contributed by atoms with van der Waals surface area (Å²) in [5, 5.41) is 0.447. The lowest BCUT2D eigenvalue weighted by Crippen LogP contribution is -2.14. The van der Waals surface area contributed by atoms with Crippen molar-refractivity contribution >= 4 is 54.8 Å². The lowest BCUT2D eigenvalue weighted by atomic mass is 10.2. The largest absolute Gasteiger partial charge is 0.277 e. The molecule has 0 saturated carbocycles. The Morgan fingerprint density at radius 2 is 1.65 bits per heavy atom. The minimum absolute atomic E-state index is 0.166. The summed E-state index contributed by atoms with van der Waals surface area (Å²) in [5.74, 6) is 0. The number of rotatable bonds is 3. The van der Waals surface area contributed by atoms with Crippen molar-refractivity contribution in [3.8, 4) is 0 Å². The maximum Gasteiger partial charge on any atom is 0.262 e. The molecule has 20 heavy (non-hydrogen) atoms. The van der Waals surface area contributed by atoms with Crippen molar-refractivity contribution in [2.24, 2.45) is 0 Å². The van der Waals surface area contributed by atoms with E-state index in [1.54, 1.807) is 37.3 Å². The van der Waals surface area contributed by atoms with Gasteiger partial charge >= 0.3 is 0 Å². The van der Waals surface area contributed by atoms with Crippen molar-refractivity contribution < 1.29 is 8.42 Å². The van der Waals surface area contributed by atoms with Crippen molar-refractivity contribution in [3.63, 3.8) is 0 Å². The topological polar surface area (TPSA) is 46.2 Å². The van der Waals surface area contributed by atoms with Gasteiger partial charge in [-0.1, -0.05) is 57.3 Å². The summed E-state index contributed by atoms with van der Waals surface area (Å²) in [6, 6.07) is 9.82. The molecule has 0 radical (unpaired) electrons. The van der Waals surface area contributed by atoms with E-state index in [9.17, 15) is 8.42 Å². The van der Waals surface area contributed by atoms with Gasteiger partial charge in [0.1, 0.15) is 0 Å². The van der Waals surface area contributed by atoms with Crippen LogP contribution in [0, 0.1) is 6.92 Å². The van der Waals surface area contributed by atoms with E-state index in [-0.39, 0.29) is 20.6 Å². The molecule has 3 nitrogen and oxygen atoms in total. The minimum atomic E-state index is -3.74. The molecular weight excluding hydrogens is 385 g/mol. The standard InChI is InChI=1S/C13H10BrCl2NO2S/c1-8-4-2-3-5-12(8)20(18,19)17-13-10(15)6-9(14)7-11(13)16/h2-7,17H,1H3. The zero-order valence-corrected chi connectivity index (χ0v) is 14.2. The van der Waals surface area contributed by atoms with Crippen LogP contribution in [0.1, 0.15) is 5.56 Å². The molecule has 0 heterocycles. The molecule has 7 heteroatoms. The molecule has 0 aliphatic rings. The molecule has 0 aromatic heterocycles. The summed E-state index contributed by atoms with van der Waals surface area (Å²) in [4.78, 5) is 0.190. The van der Waals surface area contributed by atoms with Gasteiger partial charge in [-0.15, -0.1) is 0 Å². The third-order valence-corrected chi connectivity index (χ3v) is 5.19. The summed E-state index contributed by atoms with van der Waals surface area (Å²) in [7, 11) is -3.74. The zero-order valence-electron chi connectivity index (χ0n) is 10.3. The molecule has 0 aliphatic carbocycles. The Balaban J connectivity index is 2.47. The second-order valence-corrected chi connectivity index (χ2v) is 7.50. The highest BCUT2D eigenvalue weighted by Crippen LogP contribution is 2.35. The van der Waals surface area contributed by atoms with Crippen LogP contribution in [0.4, 0.5) is 5.69 Å². The van der Waals surface area contributed by atoms with Crippen LogP contribution in [0.25, 0.3) is 0 Å². The molecular formula is C13H10BrCl2NO2S. The van der Waals surface area contributed by atoms with Crippen LogP contribution in [0.15, 0.2) is 45.8 Å². The van der Waals surface area contributed by atoms with Gasteiger partial charge in [0.15, 0.2) is 0 Å². The summed E-state index contributed by atoms with van der Waals surface area (Å²) in [5.41, 5.74) is 0.809. The van der Waals surface area contributed by atoms with E-state index in [1.807, 2.05) is 0 Å². The van der Waals surface area contributed by atoms with Gasteiger partial charge in [-0.25, -0.2) is 8.42 Å². The third kappa shape index (κ3) is 3.28. The van der Waals surface area contributed by atoms with Gasteiger partial charge in [0.2, 0.25) is 0 Å². The van der Waals surface area contributed by atoms with Gasteiger partial charge in [-0.2, -0.15) is 0 Å². The zero-order chi connectivity index (χ0) is 14.9. The third-order valence-electron chi connectivity index (χ3n) is 2.63. The van der Waals surface area contributed by atoms with Crippen LogP contribution in [-0.4, -0.2) is 8.42 Å². The molecule has 2 aromatic carbocycles. The minimum Gasteiger partial charge on any atom is -0.277 e. The van der Waals surface area contributed by atoms with E-state index < -0.39 is 10.0 Å². The van der Waals surface area contributed by atoms with Crippen LogP contribution < -0.4 is 4.72 Å². The Hall–Kier alpha value is -0.750. The molecule has 0 amide bonds. The summed E-state index contributed by atoms with van der Waals surface area (Å²) < 4.78 is 27.8. The molecule has 0 saturated heterocycles. The molecule has 0 unspecified atom stereocenters. The van der Waals surface area contributed by atoms with Crippen LogP contribution in [0.5, 0.6) is 0 Å². The predicted octanol–water partition coefficient (Wildman–Crippen LogP) is 4.87. The Labute approximate surface area is 136 Å². The van der Waals surface area contributed by atoms with Crippen molar-refractivity contribution in [1.82, 2.24) is 0 Å². The lowest BCUT2D eigenvalue weighted by Gasteiger charge is -2.13.